The largest absolute Gasteiger partial charge is 0.294 e. The Morgan fingerprint density at radius 1 is 1.19 bits per heavy atom. The third kappa shape index (κ3) is 5.78. The highest BCUT2D eigenvalue weighted by atomic mass is 32.1. The fourth-order valence-electron chi connectivity index (χ4n) is 2.69. The zero-order valence-electron chi connectivity index (χ0n) is 15.9. The Morgan fingerprint density at radius 2 is 1.81 bits per heavy atom. The number of H-pyrrole nitrogens is 1. The normalized spacial score (nSPS) is 11.1. The second-order valence-corrected chi connectivity index (χ2v) is 6.96. The third-order valence-corrected chi connectivity index (χ3v) is 4.52. The molecule has 1 aromatic heterocycles. The lowest BCUT2D eigenvalue weighted by molar-refractivity contribution is -0.118. The number of hydrogen-bond donors (Lipinski definition) is 2. The van der Waals surface area contributed by atoms with Crippen LogP contribution in [-0.4, -0.2) is 45.3 Å². The molecule has 0 saturated carbocycles. The van der Waals surface area contributed by atoms with E-state index in [2.05, 4.69) is 34.4 Å². The highest BCUT2D eigenvalue weighted by Crippen LogP contribution is 2.16. The Kier molecular flexibility index (Phi) is 8.00. The molecule has 2 rings (SSSR count). The van der Waals surface area contributed by atoms with Gasteiger partial charge in [0.1, 0.15) is 0 Å². The van der Waals surface area contributed by atoms with Gasteiger partial charge in [-0.3, -0.25) is 15.1 Å². The minimum absolute atomic E-state index is 0.0805. The van der Waals surface area contributed by atoms with Crippen LogP contribution in [0.2, 0.25) is 0 Å². The van der Waals surface area contributed by atoms with Crippen LogP contribution in [0, 0.1) is 11.7 Å². The van der Waals surface area contributed by atoms with Gasteiger partial charge in [-0.2, -0.15) is 5.10 Å². The van der Waals surface area contributed by atoms with Gasteiger partial charge in [-0.25, -0.2) is 9.77 Å². The van der Waals surface area contributed by atoms with E-state index in [-0.39, 0.29) is 5.91 Å². The lowest BCUT2D eigenvalue weighted by Gasteiger charge is -2.21. The van der Waals surface area contributed by atoms with Gasteiger partial charge < -0.3 is 0 Å². The van der Waals surface area contributed by atoms with Gasteiger partial charge in [0.15, 0.2) is 5.82 Å². The molecule has 26 heavy (non-hydrogen) atoms. The molecule has 1 heterocycles. The Balaban J connectivity index is 2.09. The van der Waals surface area contributed by atoms with Crippen LogP contribution in [0.5, 0.6) is 0 Å². The van der Waals surface area contributed by atoms with Crippen molar-refractivity contribution in [2.24, 2.45) is 0 Å². The number of benzene rings is 1. The molecule has 0 unspecified atom stereocenters. The van der Waals surface area contributed by atoms with Crippen LogP contribution in [0.4, 0.5) is 0 Å². The molecule has 0 saturated heterocycles. The molecule has 1 amide bonds. The molecular formula is C19H29N5OS. The summed E-state index contributed by atoms with van der Waals surface area (Å²) < 4.78 is 1.93. The van der Waals surface area contributed by atoms with Gasteiger partial charge in [0, 0.05) is 5.56 Å². The molecule has 0 bridgehead atoms. The smallest absolute Gasteiger partial charge is 0.253 e. The fourth-order valence-corrected chi connectivity index (χ4v) is 2.87. The first kappa shape index (κ1) is 20.3. The van der Waals surface area contributed by atoms with E-state index in [0.29, 0.717) is 17.1 Å². The zero-order chi connectivity index (χ0) is 18.9. The van der Waals surface area contributed by atoms with Crippen LogP contribution in [0.3, 0.4) is 0 Å². The van der Waals surface area contributed by atoms with Gasteiger partial charge in [0.2, 0.25) is 4.77 Å². The molecule has 0 fully saturated rings. The van der Waals surface area contributed by atoms with E-state index in [0.717, 1.165) is 44.3 Å². The number of aromatic nitrogens is 3. The van der Waals surface area contributed by atoms with Crippen molar-refractivity contribution in [1.29, 1.82) is 0 Å². The summed E-state index contributed by atoms with van der Waals surface area (Å²) in [5.41, 5.74) is 4.96. The summed E-state index contributed by atoms with van der Waals surface area (Å²) in [4.78, 5) is 14.8. The average Bonchev–Trinajstić information content (AvgIpc) is 2.98. The molecule has 0 spiro atoms. The van der Waals surface area contributed by atoms with Crippen LogP contribution >= 0.6 is 12.2 Å². The zero-order valence-corrected chi connectivity index (χ0v) is 16.7. The van der Waals surface area contributed by atoms with Crippen molar-refractivity contribution < 1.29 is 4.79 Å². The Morgan fingerprint density at radius 3 is 2.38 bits per heavy atom. The van der Waals surface area contributed by atoms with Gasteiger partial charge >= 0.3 is 0 Å². The fraction of sp³-hybridized carbons (Fsp3) is 0.526. The van der Waals surface area contributed by atoms with Crippen LogP contribution in [-0.2, 0) is 4.79 Å². The van der Waals surface area contributed by atoms with Crippen LogP contribution in [0.25, 0.3) is 11.4 Å². The minimum atomic E-state index is -0.0805. The maximum Gasteiger partial charge on any atom is 0.253 e. The van der Waals surface area contributed by atoms with Crippen molar-refractivity contribution in [1.82, 2.24) is 19.8 Å². The van der Waals surface area contributed by atoms with Crippen molar-refractivity contribution in [2.45, 2.75) is 46.5 Å². The van der Waals surface area contributed by atoms with Gasteiger partial charge in [0.25, 0.3) is 5.91 Å². The minimum Gasteiger partial charge on any atom is -0.294 e. The molecule has 0 aliphatic carbocycles. The van der Waals surface area contributed by atoms with E-state index < -0.39 is 0 Å². The number of unbranched alkanes of at least 4 members (excludes halogenated alkanes) is 2. The molecule has 1 aromatic carbocycles. The quantitative estimate of drug-likeness (QED) is 0.618. The summed E-state index contributed by atoms with van der Waals surface area (Å²) in [5.74, 6) is 0.528. The third-order valence-electron chi connectivity index (χ3n) is 4.24. The van der Waals surface area contributed by atoms with E-state index in [1.165, 1.54) is 5.56 Å². The van der Waals surface area contributed by atoms with Gasteiger partial charge in [-0.15, -0.1) is 0 Å². The molecule has 2 N–H and O–H groups in total. The highest BCUT2D eigenvalue weighted by Gasteiger charge is 2.14. The van der Waals surface area contributed by atoms with Gasteiger partial charge in [0.05, 0.1) is 6.54 Å². The lowest BCUT2D eigenvalue weighted by Crippen LogP contribution is -2.37. The number of aryl methyl sites for hydroxylation is 1. The highest BCUT2D eigenvalue weighted by molar-refractivity contribution is 7.71. The Bertz CT molecular complexity index is 742. The van der Waals surface area contributed by atoms with Gasteiger partial charge in [-0.1, -0.05) is 56.5 Å². The van der Waals surface area contributed by atoms with E-state index in [1.807, 2.05) is 31.2 Å². The summed E-state index contributed by atoms with van der Waals surface area (Å²) in [6.45, 7) is 8.59. The summed E-state index contributed by atoms with van der Waals surface area (Å²) in [7, 11) is 0. The number of hydrogen-bond acceptors (Lipinski definition) is 4. The maximum absolute atomic E-state index is 12.6. The van der Waals surface area contributed by atoms with E-state index in [1.54, 1.807) is 4.68 Å². The van der Waals surface area contributed by atoms with Crippen LogP contribution < -0.4 is 5.43 Å². The SMILES string of the molecule is CCCCN(CCCC)CC(=O)Nn1c(-c2ccc(C)cc2)n[nH]c1=S. The molecule has 142 valence electrons. The standard InChI is InChI=1S/C19H29N5OS/c1-4-6-12-23(13-7-5-2)14-17(25)22-24-18(20-21-19(24)26)16-10-8-15(3)9-11-16/h8-11H,4-7,12-14H2,1-3H3,(H,21,26)(H,22,25). The second kappa shape index (κ2) is 10.2. The summed E-state index contributed by atoms with van der Waals surface area (Å²) in [6.07, 6.45) is 4.43. The number of carbonyl (C=O) groups excluding carboxylic acids is 1. The van der Waals surface area contributed by atoms with Crippen molar-refractivity contribution in [3.05, 3.63) is 34.6 Å². The number of rotatable bonds is 10. The first-order chi connectivity index (χ1) is 12.5. The van der Waals surface area contributed by atoms with Gasteiger partial charge in [-0.05, 0) is 45.1 Å². The topological polar surface area (TPSA) is 66.0 Å². The molecule has 6 nitrogen and oxygen atoms in total. The number of nitrogens with one attached hydrogen (secondary N) is 2. The first-order valence-corrected chi connectivity index (χ1v) is 9.72. The van der Waals surface area contributed by atoms with Crippen molar-refractivity contribution >= 4 is 18.1 Å². The van der Waals surface area contributed by atoms with E-state index in [9.17, 15) is 4.79 Å². The predicted molar refractivity (Wildman–Crippen MR) is 108 cm³/mol. The molecular weight excluding hydrogens is 346 g/mol. The molecule has 2 aromatic rings. The van der Waals surface area contributed by atoms with Crippen molar-refractivity contribution in [2.75, 3.05) is 25.1 Å². The number of carbonyl (C=O) groups is 1. The Labute approximate surface area is 160 Å². The van der Waals surface area contributed by atoms with Crippen molar-refractivity contribution in [3.8, 4) is 11.4 Å². The molecule has 0 aliphatic heterocycles. The average molecular weight is 376 g/mol. The molecule has 7 heteroatoms. The lowest BCUT2D eigenvalue weighted by atomic mass is 10.1. The molecule has 0 radical (unpaired) electrons. The van der Waals surface area contributed by atoms with Crippen LogP contribution in [0.15, 0.2) is 24.3 Å². The van der Waals surface area contributed by atoms with E-state index in [4.69, 9.17) is 12.2 Å². The summed E-state index contributed by atoms with van der Waals surface area (Å²) >= 11 is 5.29. The molecule has 0 aliphatic rings. The maximum atomic E-state index is 12.6. The summed E-state index contributed by atoms with van der Waals surface area (Å²) in [5, 5.41) is 7.03. The number of amides is 1. The Hall–Kier alpha value is -1.99. The summed E-state index contributed by atoms with van der Waals surface area (Å²) in [6, 6.07) is 7.96. The van der Waals surface area contributed by atoms with E-state index >= 15 is 0 Å². The second-order valence-electron chi connectivity index (χ2n) is 6.57. The number of nitrogens with zero attached hydrogens (tertiary/aromatic N) is 3. The molecule has 0 atom stereocenters. The van der Waals surface area contributed by atoms with Crippen molar-refractivity contribution in [3.63, 3.8) is 0 Å². The van der Waals surface area contributed by atoms with Crippen LogP contribution in [0.1, 0.15) is 45.1 Å². The number of aromatic amines is 1. The monoisotopic (exact) mass is 375 g/mol. The predicted octanol–water partition coefficient (Wildman–Crippen LogP) is 3.89. The first-order valence-electron chi connectivity index (χ1n) is 9.31.